The van der Waals surface area contributed by atoms with Crippen molar-refractivity contribution in [2.24, 2.45) is 5.41 Å². The number of hydrogen-bond donors (Lipinski definition) is 1. The highest BCUT2D eigenvalue weighted by Gasteiger charge is 2.56. The third-order valence-electron chi connectivity index (χ3n) is 1.99. The molecule has 0 spiro atoms. The van der Waals surface area contributed by atoms with Crippen molar-refractivity contribution >= 4 is 29.5 Å². The van der Waals surface area contributed by atoms with E-state index in [1.165, 1.54) is 0 Å². The Labute approximate surface area is 63.6 Å². The zero-order chi connectivity index (χ0) is 7.99. The fourth-order valence-electron chi connectivity index (χ4n) is 0.957. The maximum Gasteiger partial charge on any atom is 0.307 e. The Morgan fingerprint density at radius 1 is 1.40 bits per heavy atom. The van der Waals surface area contributed by atoms with Crippen molar-refractivity contribution in [3.63, 3.8) is 0 Å². The van der Waals surface area contributed by atoms with Crippen LogP contribution in [0.3, 0.4) is 0 Å². The average molecular weight is 130 g/mol. The molecule has 1 saturated carbocycles. The first kappa shape index (κ1) is 7.77. The van der Waals surface area contributed by atoms with E-state index in [9.17, 15) is 4.79 Å². The quantitative estimate of drug-likeness (QED) is 0.507. The minimum absolute atomic E-state index is 0.478. The molecule has 1 fully saturated rings. The van der Waals surface area contributed by atoms with Gasteiger partial charge in [-0.05, 0) is 12.8 Å². The average Bonchev–Trinajstić information content (AvgIpc) is 2.36. The van der Waals surface area contributed by atoms with Crippen LogP contribution in [0.15, 0.2) is 0 Å². The molecule has 0 saturated heterocycles. The summed E-state index contributed by atoms with van der Waals surface area (Å²) < 4.78 is 0. The normalized spacial score (nSPS) is 22.0. The molecule has 5 heteroatoms. The molecule has 2 nitrogen and oxygen atoms in total. The predicted molar refractivity (Wildman–Crippen MR) is 39.3 cm³/mol. The Morgan fingerprint density at radius 3 is 1.80 bits per heavy atom. The van der Waals surface area contributed by atoms with Crippen LogP contribution in [0, 0.1) is 5.41 Å². The van der Waals surface area contributed by atoms with E-state index in [0.717, 1.165) is 0 Å². The molecule has 1 aliphatic rings. The van der Waals surface area contributed by atoms with E-state index in [2.05, 4.69) is 0 Å². The highest BCUT2D eigenvalue weighted by atomic mass is 16.4. The van der Waals surface area contributed by atoms with E-state index in [-0.39, 0.29) is 0 Å². The van der Waals surface area contributed by atoms with Crippen molar-refractivity contribution in [1.82, 2.24) is 0 Å². The van der Waals surface area contributed by atoms with Gasteiger partial charge >= 0.3 is 5.97 Å². The van der Waals surface area contributed by atoms with Gasteiger partial charge in [-0.25, -0.2) is 0 Å². The highest BCUT2D eigenvalue weighted by Crippen LogP contribution is 2.58. The number of carboxylic acid groups (broad SMARTS) is 1. The van der Waals surface area contributed by atoms with Crippen LogP contribution in [0.5, 0.6) is 0 Å². The summed E-state index contributed by atoms with van der Waals surface area (Å²) in [4.78, 5) is 10.5. The number of carbonyl (C=O) groups is 1. The molecule has 0 aliphatic heterocycles. The van der Waals surface area contributed by atoms with Crippen LogP contribution in [-0.2, 0) is 4.79 Å². The molecule has 0 amide bonds. The van der Waals surface area contributed by atoms with Crippen LogP contribution in [0.1, 0.15) is 12.8 Å². The summed E-state index contributed by atoms with van der Waals surface area (Å²) in [6.45, 7) is 0. The molecule has 0 aromatic heterocycles. The second-order valence-corrected chi connectivity index (χ2v) is 2.82. The Hall–Kier alpha value is -0.335. The molecule has 6 radical (unpaired) electrons. The van der Waals surface area contributed by atoms with E-state index in [1.54, 1.807) is 0 Å². The van der Waals surface area contributed by atoms with Crippen molar-refractivity contribution in [1.29, 1.82) is 0 Å². The molecular weight excluding hydrogens is 124 g/mol. The Morgan fingerprint density at radius 2 is 1.80 bits per heavy atom. The SMILES string of the molecule is [B]C([B])([B])C1(C(=O)O)CC1. The van der Waals surface area contributed by atoms with Crippen molar-refractivity contribution in [2.45, 2.75) is 18.0 Å². The molecule has 46 valence electrons. The second-order valence-electron chi connectivity index (χ2n) is 2.82. The van der Waals surface area contributed by atoms with E-state index in [4.69, 9.17) is 28.6 Å². The Balaban J connectivity index is 2.80. The fraction of sp³-hybridized carbons (Fsp3) is 0.800. The van der Waals surface area contributed by atoms with Gasteiger partial charge in [0.1, 0.15) is 0 Å². The molecule has 0 bridgehead atoms. The van der Waals surface area contributed by atoms with Crippen LogP contribution in [0.2, 0.25) is 5.11 Å². The molecule has 0 aromatic carbocycles. The molecular formula is C5H5B3O2. The van der Waals surface area contributed by atoms with Crippen molar-refractivity contribution in [2.75, 3.05) is 0 Å². The Bertz CT molecular complexity index is 168. The summed E-state index contributed by atoms with van der Waals surface area (Å²) in [5.74, 6) is -1.000. The number of hydrogen-bond acceptors (Lipinski definition) is 1. The molecule has 10 heavy (non-hydrogen) atoms. The lowest BCUT2D eigenvalue weighted by molar-refractivity contribution is -0.143. The molecule has 0 aromatic rings. The smallest absolute Gasteiger partial charge is 0.307 e. The summed E-state index contributed by atoms with van der Waals surface area (Å²) in [5, 5.41) is 7.03. The van der Waals surface area contributed by atoms with E-state index >= 15 is 0 Å². The monoisotopic (exact) mass is 130 g/mol. The van der Waals surface area contributed by atoms with Crippen LogP contribution >= 0.6 is 0 Å². The van der Waals surface area contributed by atoms with Crippen molar-refractivity contribution in [3.8, 4) is 0 Å². The van der Waals surface area contributed by atoms with Gasteiger partial charge in [-0.1, -0.05) is 0 Å². The molecule has 0 heterocycles. The number of aliphatic carboxylic acids is 1. The summed E-state index contributed by atoms with van der Waals surface area (Å²) in [6, 6.07) is 0. The lowest BCUT2D eigenvalue weighted by Gasteiger charge is -2.27. The summed E-state index contributed by atoms with van der Waals surface area (Å²) in [7, 11) is 15.8. The zero-order valence-electron chi connectivity index (χ0n) is 5.50. The van der Waals surface area contributed by atoms with E-state index < -0.39 is 16.5 Å². The number of rotatable bonds is 2. The fourth-order valence-corrected chi connectivity index (χ4v) is 0.957. The minimum Gasteiger partial charge on any atom is -0.481 e. The topological polar surface area (TPSA) is 37.3 Å². The molecule has 0 atom stereocenters. The molecule has 0 unspecified atom stereocenters. The third-order valence-corrected chi connectivity index (χ3v) is 1.99. The zero-order valence-corrected chi connectivity index (χ0v) is 5.50. The summed E-state index contributed by atoms with van der Waals surface area (Å²) in [6.07, 6.45) is 0.956. The van der Waals surface area contributed by atoms with Crippen molar-refractivity contribution < 1.29 is 9.90 Å². The first-order chi connectivity index (χ1) is 4.40. The van der Waals surface area contributed by atoms with Crippen LogP contribution in [0.25, 0.3) is 0 Å². The maximum atomic E-state index is 10.5. The first-order valence-electron chi connectivity index (χ1n) is 3.00. The van der Waals surface area contributed by atoms with Crippen LogP contribution in [0.4, 0.5) is 0 Å². The largest absolute Gasteiger partial charge is 0.481 e. The van der Waals surface area contributed by atoms with Gasteiger partial charge in [0.2, 0.25) is 0 Å². The molecule has 1 N–H and O–H groups in total. The molecule has 1 rings (SSSR count). The van der Waals surface area contributed by atoms with Gasteiger partial charge in [0.05, 0.1) is 29.0 Å². The second kappa shape index (κ2) is 1.83. The maximum absolute atomic E-state index is 10.5. The minimum atomic E-state index is -1.57. The van der Waals surface area contributed by atoms with Gasteiger partial charge in [-0.2, -0.15) is 0 Å². The lowest BCUT2D eigenvalue weighted by atomic mass is 9.36. The Kier molecular flexibility index (Phi) is 1.42. The lowest BCUT2D eigenvalue weighted by Crippen LogP contribution is -2.33. The van der Waals surface area contributed by atoms with Crippen LogP contribution < -0.4 is 0 Å². The van der Waals surface area contributed by atoms with E-state index in [0.29, 0.717) is 12.8 Å². The summed E-state index contributed by atoms with van der Waals surface area (Å²) in [5.41, 5.74) is -1.06. The van der Waals surface area contributed by atoms with Crippen LogP contribution in [-0.4, -0.2) is 34.6 Å². The first-order valence-corrected chi connectivity index (χ1v) is 3.00. The van der Waals surface area contributed by atoms with Crippen molar-refractivity contribution in [3.05, 3.63) is 0 Å². The van der Waals surface area contributed by atoms with E-state index in [1.807, 2.05) is 0 Å². The van der Waals surface area contributed by atoms with Gasteiger partial charge in [0.25, 0.3) is 0 Å². The summed E-state index contributed by atoms with van der Waals surface area (Å²) >= 11 is 0. The highest BCUT2D eigenvalue weighted by molar-refractivity contribution is 6.60. The molecule has 1 aliphatic carbocycles. The van der Waals surface area contributed by atoms with Gasteiger partial charge in [0.15, 0.2) is 0 Å². The van der Waals surface area contributed by atoms with Gasteiger partial charge in [-0.3, -0.25) is 4.79 Å². The standard InChI is InChI=1S/C5H5B3O2/c6-5(7,8)4(1-2-4)3(9)10/h1-2H2,(H,9,10). The third kappa shape index (κ3) is 0.880. The number of carboxylic acids is 1. The predicted octanol–water partition coefficient (Wildman–Crippen LogP) is -0.570. The van der Waals surface area contributed by atoms with Gasteiger partial charge in [0, 0.05) is 0 Å². The van der Waals surface area contributed by atoms with Gasteiger partial charge < -0.3 is 5.11 Å². The van der Waals surface area contributed by atoms with Gasteiger partial charge in [-0.15, -0.1) is 5.11 Å².